The lowest BCUT2D eigenvalue weighted by Gasteiger charge is -2.23. The third-order valence-electron chi connectivity index (χ3n) is 4.37. The highest BCUT2D eigenvalue weighted by Crippen LogP contribution is 2.29. The number of hydrogen-bond donors (Lipinski definition) is 1. The van der Waals surface area contributed by atoms with Gasteiger partial charge in [-0.25, -0.2) is 4.98 Å². The topological polar surface area (TPSA) is 64.4 Å². The summed E-state index contributed by atoms with van der Waals surface area (Å²) in [6, 6.07) is 10.9. The fourth-order valence-corrected chi connectivity index (χ4v) is 3.27. The lowest BCUT2D eigenvalue weighted by molar-refractivity contribution is 0.0697. The van der Waals surface area contributed by atoms with Crippen LogP contribution in [0, 0.1) is 0 Å². The molecule has 1 saturated heterocycles. The van der Waals surface area contributed by atoms with Gasteiger partial charge in [-0.15, -0.1) is 0 Å². The van der Waals surface area contributed by atoms with Crippen LogP contribution in [0.4, 0.5) is 0 Å². The number of nitrogens with one attached hydrogen (secondary N) is 1. The van der Waals surface area contributed by atoms with Gasteiger partial charge >= 0.3 is 0 Å². The Hall–Kier alpha value is -2.37. The number of nitrogens with zero attached hydrogens (tertiary/aromatic N) is 1. The molecule has 0 atom stereocenters. The second-order valence-electron chi connectivity index (χ2n) is 6.03. The molecule has 0 spiro atoms. The molecule has 1 amide bonds. The first-order valence-electron chi connectivity index (χ1n) is 8.24. The minimum Gasteiger partial charge on any atom is -0.463 e. The largest absolute Gasteiger partial charge is 0.463 e. The summed E-state index contributed by atoms with van der Waals surface area (Å²) in [6.45, 7) is 1.34. The van der Waals surface area contributed by atoms with Crippen molar-refractivity contribution in [3.05, 3.63) is 53.2 Å². The average Bonchev–Trinajstić information content (AvgIpc) is 3.17. The van der Waals surface area contributed by atoms with Gasteiger partial charge in [0.15, 0.2) is 5.76 Å². The predicted octanol–water partition coefficient (Wildman–Crippen LogP) is 4.06. The number of ether oxygens (including phenoxy) is 1. The number of para-hydroxylation sites is 1. The monoisotopic (exact) mass is 356 g/mol. The fraction of sp³-hybridized carbons (Fsp3) is 0.263. The van der Waals surface area contributed by atoms with Gasteiger partial charge in [0.25, 0.3) is 5.91 Å². The molecule has 3 heterocycles. The zero-order valence-electron chi connectivity index (χ0n) is 13.5. The molecule has 5 nitrogen and oxygen atoms in total. The zero-order valence-corrected chi connectivity index (χ0v) is 14.3. The van der Waals surface area contributed by atoms with Crippen molar-refractivity contribution in [2.24, 2.45) is 0 Å². The molecule has 1 aliphatic heterocycles. The van der Waals surface area contributed by atoms with Crippen LogP contribution < -0.4 is 5.32 Å². The first-order chi connectivity index (χ1) is 12.2. The summed E-state index contributed by atoms with van der Waals surface area (Å²) in [5.74, 6) is 0.469. The lowest BCUT2D eigenvalue weighted by atomic mass is 10.0. The molecular weight excluding hydrogens is 340 g/mol. The van der Waals surface area contributed by atoms with E-state index in [1.54, 1.807) is 24.5 Å². The van der Waals surface area contributed by atoms with Gasteiger partial charge < -0.3 is 14.5 Å². The van der Waals surface area contributed by atoms with Crippen LogP contribution in [0.1, 0.15) is 23.2 Å². The van der Waals surface area contributed by atoms with Gasteiger partial charge in [0.1, 0.15) is 5.69 Å². The predicted molar refractivity (Wildman–Crippen MR) is 95.8 cm³/mol. The highest BCUT2D eigenvalue weighted by atomic mass is 35.5. The van der Waals surface area contributed by atoms with Crippen LogP contribution in [0.3, 0.4) is 0 Å². The van der Waals surface area contributed by atoms with Gasteiger partial charge in [-0.05, 0) is 37.1 Å². The molecule has 1 aromatic carbocycles. The Bertz CT molecular complexity index is 902. The molecule has 1 aliphatic rings. The maximum absolute atomic E-state index is 12.9. The number of rotatable bonds is 3. The molecule has 0 radical (unpaired) electrons. The third kappa shape index (κ3) is 3.25. The molecule has 0 bridgehead atoms. The minimum absolute atomic E-state index is 0.121. The summed E-state index contributed by atoms with van der Waals surface area (Å²) >= 11 is 6.32. The number of pyridine rings is 1. The van der Waals surface area contributed by atoms with Crippen LogP contribution in [-0.2, 0) is 4.74 Å². The molecular formula is C19H17ClN2O3. The Labute approximate surface area is 149 Å². The van der Waals surface area contributed by atoms with Gasteiger partial charge in [0.05, 0.1) is 22.4 Å². The molecule has 1 fully saturated rings. The number of carbonyl (C=O) groups excluding carboxylic acids is 1. The molecule has 4 rings (SSSR count). The van der Waals surface area contributed by atoms with E-state index in [-0.39, 0.29) is 11.9 Å². The standard InChI is InChI=1S/C19H17ClN2O3/c20-15-4-1-3-13-14(19(23)21-12-6-9-24-10-7-12)11-16(22-18(13)15)17-5-2-8-25-17/h1-5,8,11-12H,6-7,9-10H2,(H,21,23). The van der Waals surface area contributed by atoms with Crippen molar-refractivity contribution in [2.75, 3.05) is 13.2 Å². The van der Waals surface area contributed by atoms with E-state index in [1.807, 2.05) is 18.2 Å². The highest BCUT2D eigenvalue weighted by Gasteiger charge is 2.20. The molecule has 0 unspecified atom stereocenters. The SMILES string of the molecule is O=C(NC1CCOCC1)c1cc(-c2ccco2)nc2c(Cl)cccc12. The number of amides is 1. The number of benzene rings is 1. The van der Waals surface area contributed by atoms with Crippen LogP contribution in [-0.4, -0.2) is 30.1 Å². The third-order valence-corrected chi connectivity index (χ3v) is 4.67. The number of aromatic nitrogens is 1. The van der Waals surface area contributed by atoms with Crippen molar-refractivity contribution in [1.82, 2.24) is 10.3 Å². The Balaban J connectivity index is 1.78. The molecule has 3 aromatic rings. The van der Waals surface area contributed by atoms with E-state index in [4.69, 9.17) is 20.8 Å². The van der Waals surface area contributed by atoms with E-state index in [0.29, 0.717) is 40.8 Å². The van der Waals surface area contributed by atoms with Crippen molar-refractivity contribution in [1.29, 1.82) is 0 Å². The Kier molecular flexibility index (Phi) is 4.42. The van der Waals surface area contributed by atoms with Crippen molar-refractivity contribution in [3.63, 3.8) is 0 Å². The van der Waals surface area contributed by atoms with Crippen LogP contribution in [0.2, 0.25) is 5.02 Å². The molecule has 25 heavy (non-hydrogen) atoms. The van der Waals surface area contributed by atoms with Gasteiger partial charge in [-0.1, -0.05) is 23.7 Å². The Morgan fingerprint density at radius 1 is 1.20 bits per heavy atom. The molecule has 0 saturated carbocycles. The van der Waals surface area contributed by atoms with Gasteiger partial charge in [0.2, 0.25) is 0 Å². The second-order valence-corrected chi connectivity index (χ2v) is 6.44. The van der Waals surface area contributed by atoms with E-state index >= 15 is 0 Å². The fourth-order valence-electron chi connectivity index (χ4n) is 3.06. The smallest absolute Gasteiger partial charge is 0.252 e. The van der Waals surface area contributed by atoms with Crippen LogP contribution in [0.15, 0.2) is 47.1 Å². The van der Waals surface area contributed by atoms with Crippen molar-refractivity contribution < 1.29 is 13.9 Å². The normalized spacial score (nSPS) is 15.4. The van der Waals surface area contributed by atoms with E-state index in [0.717, 1.165) is 18.2 Å². The summed E-state index contributed by atoms with van der Waals surface area (Å²) < 4.78 is 10.8. The van der Waals surface area contributed by atoms with Crippen molar-refractivity contribution in [2.45, 2.75) is 18.9 Å². The van der Waals surface area contributed by atoms with Crippen LogP contribution >= 0.6 is 11.6 Å². The first-order valence-corrected chi connectivity index (χ1v) is 8.62. The number of fused-ring (bicyclic) bond motifs is 1. The number of halogens is 1. The number of carbonyl (C=O) groups is 1. The molecule has 0 aliphatic carbocycles. The van der Waals surface area contributed by atoms with Crippen LogP contribution in [0.25, 0.3) is 22.4 Å². The van der Waals surface area contributed by atoms with E-state index in [2.05, 4.69) is 10.3 Å². The van der Waals surface area contributed by atoms with Crippen molar-refractivity contribution >= 4 is 28.4 Å². The quantitative estimate of drug-likeness (QED) is 0.768. The maximum Gasteiger partial charge on any atom is 0.252 e. The summed E-state index contributed by atoms with van der Waals surface area (Å²) in [5, 5.41) is 4.33. The van der Waals surface area contributed by atoms with Gasteiger partial charge in [0, 0.05) is 24.6 Å². The Morgan fingerprint density at radius 2 is 2.04 bits per heavy atom. The highest BCUT2D eigenvalue weighted by molar-refractivity contribution is 6.35. The first kappa shape index (κ1) is 16.1. The summed E-state index contributed by atoms with van der Waals surface area (Å²) in [5.41, 5.74) is 1.73. The van der Waals surface area contributed by atoms with E-state index in [1.165, 1.54) is 0 Å². The molecule has 1 N–H and O–H groups in total. The minimum atomic E-state index is -0.130. The molecule has 2 aromatic heterocycles. The zero-order chi connectivity index (χ0) is 17.2. The van der Waals surface area contributed by atoms with Crippen LogP contribution in [0.5, 0.6) is 0 Å². The lowest BCUT2D eigenvalue weighted by Crippen LogP contribution is -2.39. The number of hydrogen-bond acceptors (Lipinski definition) is 4. The molecule has 6 heteroatoms. The maximum atomic E-state index is 12.9. The molecule has 128 valence electrons. The van der Waals surface area contributed by atoms with E-state index in [9.17, 15) is 4.79 Å². The Morgan fingerprint density at radius 3 is 2.80 bits per heavy atom. The average molecular weight is 357 g/mol. The van der Waals surface area contributed by atoms with Gasteiger partial charge in [-0.2, -0.15) is 0 Å². The summed E-state index contributed by atoms with van der Waals surface area (Å²) in [4.78, 5) is 17.5. The van der Waals surface area contributed by atoms with Gasteiger partial charge in [-0.3, -0.25) is 4.79 Å². The summed E-state index contributed by atoms with van der Waals surface area (Å²) in [6.07, 6.45) is 3.22. The summed E-state index contributed by atoms with van der Waals surface area (Å²) in [7, 11) is 0. The number of furan rings is 1. The second kappa shape index (κ2) is 6.86. The van der Waals surface area contributed by atoms with E-state index < -0.39 is 0 Å². The van der Waals surface area contributed by atoms with Crippen molar-refractivity contribution in [3.8, 4) is 11.5 Å².